The van der Waals surface area contributed by atoms with Crippen molar-refractivity contribution in [1.29, 1.82) is 0 Å². The number of aryl methyl sites for hydroxylation is 1. The third-order valence-corrected chi connectivity index (χ3v) is 2.48. The predicted molar refractivity (Wildman–Crippen MR) is 64.6 cm³/mol. The van der Waals surface area contributed by atoms with Crippen molar-refractivity contribution in [1.82, 2.24) is 0 Å². The molecule has 0 aliphatic carbocycles. The van der Waals surface area contributed by atoms with Gasteiger partial charge in [0, 0.05) is 0 Å². The van der Waals surface area contributed by atoms with E-state index in [9.17, 15) is 4.79 Å². The Morgan fingerprint density at radius 3 is 2.29 bits per heavy atom. The molecule has 0 spiro atoms. The fourth-order valence-corrected chi connectivity index (χ4v) is 1.58. The Hall–Kier alpha value is -1.71. The third-order valence-electron chi connectivity index (χ3n) is 2.48. The molecule has 1 rings (SSSR count). The van der Waals surface area contributed by atoms with Gasteiger partial charge in [-0.2, -0.15) is 0 Å². The smallest absolute Gasteiger partial charge is 0.310 e. The van der Waals surface area contributed by atoms with Gasteiger partial charge in [0.25, 0.3) is 0 Å². The monoisotopic (exact) mass is 238 g/mol. The summed E-state index contributed by atoms with van der Waals surface area (Å²) in [4.78, 5) is 11.4. The lowest BCUT2D eigenvalue weighted by Gasteiger charge is -2.12. The van der Waals surface area contributed by atoms with E-state index < -0.39 is 0 Å². The lowest BCUT2D eigenvalue weighted by Crippen LogP contribution is -2.09. The first kappa shape index (κ1) is 13.4. The van der Waals surface area contributed by atoms with Crippen molar-refractivity contribution < 1.29 is 19.0 Å². The molecule has 0 bridgehead atoms. The summed E-state index contributed by atoms with van der Waals surface area (Å²) in [6, 6.07) is 3.67. The molecular weight excluding hydrogens is 220 g/mol. The molecule has 94 valence electrons. The van der Waals surface area contributed by atoms with Crippen LogP contribution >= 0.6 is 0 Å². The van der Waals surface area contributed by atoms with Gasteiger partial charge in [0.05, 0.1) is 27.2 Å². The Morgan fingerprint density at radius 2 is 1.76 bits per heavy atom. The highest BCUT2D eigenvalue weighted by molar-refractivity contribution is 5.73. The average Bonchev–Trinajstić information content (AvgIpc) is 2.31. The van der Waals surface area contributed by atoms with Gasteiger partial charge in [-0.3, -0.25) is 4.79 Å². The second kappa shape index (κ2) is 6.13. The fraction of sp³-hybridized carbons (Fsp3) is 0.462. The van der Waals surface area contributed by atoms with E-state index >= 15 is 0 Å². The summed E-state index contributed by atoms with van der Waals surface area (Å²) in [6.45, 7) is 4.11. The molecule has 0 aromatic heterocycles. The summed E-state index contributed by atoms with van der Waals surface area (Å²) >= 11 is 0. The summed E-state index contributed by atoms with van der Waals surface area (Å²) in [5.41, 5.74) is 1.87. The molecule has 0 fully saturated rings. The van der Waals surface area contributed by atoms with E-state index in [1.165, 1.54) is 0 Å². The van der Waals surface area contributed by atoms with Crippen LogP contribution in [0.1, 0.15) is 18.1 Å². The number of ether oxygens (including phenoxy) is 3. The first-order valence-electron chi connectivity index (χ1n) is 5.49. The van der Waals surface area contributed by atoms with Crippen molar-refractivity contribution in [3.63, 3.8) is 0 Å². The highest BCUT2D eigenvalue weighted by Crippen LogP contribution is 2.30. The van der Waals surface area contributed by atoms with Crippen LogP contribution < -0.4 is 9.47 Å². The zero-order valence-electron chi connectivity index (χ0n) is 10.7. The van der Waals surface area contributed by atoms with Crippen molar-refractivity contribution in [2.24, 2.45) is 0 Å². The molecule has 0 heterocycles. The van der Waals surface area contributed by atoms with Crippen LogP contribution in [0.15, 0.2) is 12.1 Å². The summed E-state index contributed by atoms with van der Waals surface area (Å²) in [6.07, 6.45) is 0.250. The molecule has 0 saturated carbocycles. The minimum absolute atomic E-state index is 0.234. The van der Waals surface area contributed by atoms with Gasteiger partial charge < -0.3 is 14.2 Å². The molecule has 4 nitrogen and oxygen atoms in total. The van der Waals surface area contributed by atoms with Crippen LogP contribution in [0.25, 0.3) is 0 Å². The average molecular weight is 238 g/mol. The zero-order valence-corrected chi connectivity index (χ0v) is 10.7. The van der Waals surface area contributed by atoms with Gasteiger partial charge in [-0.05, 0) is 37.1 Å². The second-order valence-corrected chi connectivity index (χ2v) is 3.62. The topological polar surface area (TPSA) is 44.8 Å². The van der Waals surface area contributed by atoms with E-state index in [-0.39, 0.29) is 12.4 Å². The molecular formula is C13H18O4. The maximum Gasteiger partial charge on any atom is 0.310 e. The number of carbonyl (C=O) groups is 1. The minimum atomic E-state index is -0.234. The second-order valence-electron chi connectivity index (χ2n) is 3.62. The highest BCUT2D eigenvalue weighted by atomic mass is 16.5. The van der Waals surface area contributed by atoms with Crippen LogP contribution in [0.4, 0.5) is 0 Å². The van der Waals surface area contributed by atoms with Crippen LogP contribution in [0.2, 0.25) is 0 Å². The molecule has 0 N–H and O–H groups in total. The number of benzene rings is 1. The quantitative estimate of drug-likeness (QED) is 0.737. The molecule has 17 heavy (non-hydrogen) atoms. The maximum absolute atomic E-state index is 11.4. The van der Waals surface area contributed by atoms with Crippen molar-refractivity contribution in [3.05, 3.63) is 23.3 Å². The number of hydrogen-bond donors (Lipinski definition) is 0. The van der Waals surface area contributed by atoms with Gasteiger partial charge >= 0.3 is 5.97 Å². The lowest BCUT2D eigenvalue weighted by atomic mass is 10.0. The van der Waals surface area contributed by atoms with E-state index in [1.807, 2.05) is 19.1 Å². The molecule has 0 aliphatic rings. The number of carbonyl (C=O) groups excluding carboxylic acids is 1. The van der Waals surface area contributed by atoms with E-state index in [1.54, 1.807) is 21.1 Å². The molecule has 1 aromatic rings. The molecule has 4 heteroatoms. The molecule has 0 radical (unpaired) electrons. The lowest BCUT2D eigenvalue weighted by molar-refractivity contribution is -0.142. The van der Waals surface area contributed by atoms with Crippen molar-refractivity contribution in [3.8, 4) is 11.5 Å². The van der Waals surface area contributed by atoms with Crippen LogP contribution in [-0.4, -0.2) is 26.8 Å². The Labute approximate surface area is 101 Å². The van der Waals surface area contributed by atoms with Gasteiger partial charge in [0.1, 0.15) is 0 Å². The van der Waals surface area contributed by atoms with Crippen LogP contribution in [0.5, 0.6) is 11.5 Å². The van der Waals surface area contributed by atoms with Crippen LogP contribution in [0.3, 0.4) is 0 Å². The van der Waals surface area contributed by atoms with Crippen LogP contribution in [-0.2, 0) is 16.0 Å². The highest BCUT2D eigenvalue weighted by Gasteiger charge is 2.12. The number of esters is 1. The Bertz CT molecular complexity index is 399. The van der Waals surface area contributed by atoms with Gasteiger partial charge in [-0.1, -0.05) is 0 Å². The minimum Gasteiger partial charge on any atom is -0.493 e. The van der Waals surface area contributed by atoms with Gasteiger partial charge in [-0.15, -0.1) is 0 Å². The first-order chi connectivity index (χ1) is 8.12. The predicted octanol–water partition coefficient (Wildman–Crippen LogP) is 2.12. The van der Waals surface area contributed by atoms with Crippen LogP contribution in [0, 0.1) is 6.92 Å². The van der Waals surface area contributed by atoms with E-state index in [0.29, 0.717) is 18.1 Å². The summed E-state index contributed by atoms with van der Waals surface area (Å²) in [5.74, 6) is 1.05. The third kappa shape index (κ3) is 3.37. The van der Waals surface area contributed by atoms with E-state index in [0.717, 1.165) is 11.1 Å². The molecule has 0 amide bonds. The van der Waals surface area contributed by atoms with Gasteiger partial charge in [0.15, 0.2) is 11.5 Å². The van der Waals surface area contributed by atoms with Gasteiger partial charge in [0.2, 0.25) is 0 Å². The number of methoxy groups -OCH3 is 2. The molecule has 0 atom stereocenters. The van der Waals surface area contributed by atoms with E-state index in [4.69, 9.17) is 14.2 Å². The van der Waals surface area contributed by atoms with Crippen molar-refractivity contribution in [2.75, 3.05) is 20.8 Å². The number of hydrogen-bond acceptors (Lipinski definition) is 4. The Kier molecular flexibility index (Phi) is 4.82. The molecule has 1 aromatic carbocycles. The first-order valence-corrected chi connectivity index (χ1v) is 5.49. The van der Waals surface area contributed by atoms with E-state index in [2.05, 4.69) is 0 Å². The van der Waals surface area contributed by atoms with Crippen molar-refractivity contribution in [2.45, 2.75) is 20.3 Å². The summed E-state index contributed by atoms with van der Waals surface area (Å²) in [5, 5.41) is 0. The SMILES string of the molecule is CCOC(=O)Cc1cc(OC)c(OC)cc1C. The standard InChI is InChI=1S/C13H18O4/c1-5-17-13(14)8-10-7-12(16-4)11(15-3)6-9(10)2/h6-7H,5,8H2,1-4H3. The zero-order chi connectivity index (χ0) is 12.8. The summed E-state index contributed by atoms with van der Waals surface area (Å²) < 4.78 is 15.3. The number of rotatable bonds is 5. The molecule has 0 unspecified atom stereocenters. The maximum atomic E-state index is 11.4. The normalized spacial score (nSPS) is 9.88. The largest absolute Gasteiger partial charge is 0.493 e. The molecule has 0 saturated heterocycles. The Morgan fingerprint density at radius 1 is 1.18 bits per heavy atom. The summed E-state index contributed by atoms with van der Waals surface area (Å²) in [7, 11) is 3.16. The fourth-order valence-electron chi connectivity index (χ4n) is 1.58. The Balaban J connectivity index is 2.96. The van der Waals surface area contributed by atoms with Gasteiger partial charge in [-0.25, -0.2) is 0 Å². The van der Waals surface area contributed by atoms with Crippen molar-refractivity contribution >= 4 is 5.97 Å². The molecule has 0 aliphatic heterocycles.